The molecule has 0 saturated heterocycles. The van der Waals surface area contributed by atoms with Crippen molar-refractivity contribution in [3.63, 3.8) is 0 Å². The fourth-order valence-corrected chi connectivity index (χ4v) is 2.37. The first-order valence-corrected chi connectivity index (χ1v) is 8.14. The van der Waals surface area contributed by atoms with Crippen LogP contribution in [0.2, 0.25) is 0 Å². The maximum atomic E-state index is 11.9. The Hall–Kier alpha value is -2.14. The molecule has 1 aromatic heterocycles. The third-order valence-electron chi connectivity index (χ3n) is 3.88. The monoisotopic (exact) mass is 315 g/mol. The van der Waals surface area contributed by atoms with E-state index >= 15 is 0 Å². The molecule has 1 heterocycles. The average Bonchev–Trinajstić information content (AvgIpc) is 3.00. The number of hydrogen-bond donors (Lipinski definition) is 1. The van der Waals surface area contributed by atoms with Crippen molar-refractivity contribution in [1.82, 2.24) is 15.4 Å². The van der Waals surface area contributed by atoms with Crippen LogP contribution in [0.5, 0.6) is 0 Å². The lowest BCUT2D eigenvalue weighted by molar-refractivity contribution is -0.120. The van der Waals surface area contributed by atoms with Gasteiger partial charge in [-0.15, -0.1) is 0 Å². The minimum atomic E-state index is -0.0269. The van der Waals surface area contributed by atoms with Gasteiger partial charge in [0.2, 0.25) is 5.91 Å². The number of amides is 1. The molecule has 0 saturated carbocycles. The molecule has 0 aliphatic heterocycles. The minimum absolute atomic E-state index is 0.0269. The van der Waals surface area contributed by atoms with E-state index < -0.39 is 0 Å². The highest BCUT2D eigenvalue weighted by molar-refractivity contribution is 5.78. The van der Waals surface area contributed by atoms with E-state index in [-0.39, 0.29) is 12.3 Å². The summed E-state index contributed by atoms with van der Waals surface area (Å²) in [5.74, 6) is 0.664. The van der Waals surface area contributed by atoms with Gasteiger partial charge >= 0.3 is 0 Å². The second kappa shape index (κ2) is 8.48. The molecule has 124 valence electrons. The molecule has 0 unspecified atom stereocenters. The number of benzene rings is 1. The van der Waals surface area contributed by atoms with E-state index in [1.807, 2.05) is 37.3 Å². The highest BCUT2D eigenvalue weighted by atomic mass is 16.5. The third-order valence-corrected chi connectivity index (χ3v) is 3.88. The number of aromatic nitrogens is 1. The van der Waals surface area contributed by atoms with Gasteiger partial charge < -0.3 is 14.7 Å². The van der Waals surface area contributed by atoms with E-state index in [1.165, 1.54) is 5.56 Å². The zero-order chi connectivity index (χ0) is 16.7. The predicted octanol–water partition coefficient (Wildman–Crippen LogP) is 2.65. The summed E-state index contributed by atoms with van der Waals surface area (Å²) in [7, 11) is 0. The molecule has 0 bridgehead atoms. The molecule has 23 heavy (non-hydrogen) atoms. The summed E-state index contributed by atoms with van der Waals surface area (Å²) in [5, 5.41) is 6.91. The molecular weight excluding hydrogens is 290 g/mol. The zero-order valence-electron chi connectivity index (χ0n) is 14.1. The van der Waals surface area contributed by atoms with Crippen molar-refractivity contribution >= 4 is 5.91 Å². The number of nitrogens with zero attached hydrogens (tertiary/aromatic N) is 2. The lowest BCUT2D eigenvalue weighted by atomic mass is 10.1. The second-order valence-corrected chi connectivity index (χ2v) is 5.60. The number of aryl methyl sites for hydroxylation is 1. The van der Waals surface area contributed by atoms with Crippen LogP contribution in [0.3, 0.4) is 0 Å². The Bertz CT molecular complexity index is 615. The maximum absolute atomic E-state index is 11.9. The Morgan fingerprint density at radius 1 is 1.22 bits per heavy atom. The SMILES string of the molecule is CCN(CC)CCNC(=O)Cc1cc(-c2ccc(C)cc2)on1. The van der Waals surface area contributed by atoms with Gasteiger partial charge in [-0.3, -0.25) is 4.79 Å². The van der Waals surface area contributed by atoms with Gasteiger partial charge in [-0.25, -0.2) is 0 Å². The van der Waals surface area contributed by atoms with Gasteiger partial charge in [0.15, 0.2) is 5.76 Å². The Morgan fingerprint density at radius 2 is 1.91 bits per heavy atom. The van der Waals surface area contributed by atoms with Crippen LogP contribution in [-0.4, -0.2) is 42.1 Å². The summed E-state index contributed by atoms with van der Waals surface area (Å²) in [4.78, 5) is 14.2. The Kier molecular flexibility index (Phi) is 6.35. The number of hydrogen-bond acceptors (Lipinski definition) is 4. The van der Waals surface area contributed by atoms with Gasteiger partial charge in [0.05, 0.1) is 12.1 Å². The van der Waals surface area contributed by atoms with Crippen LogP contribution in [0.15, 0.2) is 34.9 Å². The van der Waals surface area contributed by atoms with Crippen molar-refractivity contribution in [2.75, 3.05) is 26.2 Å². The van der Waals surface area contributed by atoms with Gasteiger partial charge in [-0.2, -0.15) is 0 Å². The van der Waals surface area contributed by atoms with Gasteiger partial charge in [0.1, 0.15) is 0 Å². The molecule has 0 aliphatic carbocycles. The number of carbonyl (C=O) groups excluding carboxylic acids is 1. The molecule has 2 aromatic rings. The lowest BCUT2D eigenvalue weighted by Gasteiger charge is -2.17. The normalized spacial score (nSPS) is 11.0. The summed E-state index contributed by atoms with van der Waals surface area (Å²) in [5.41, 5.74) is 2.82. The smallest absolute Gasteiger partial charge is 0.226 e. The number of rotatable bonds is 8. The summed E-state index contributed by atoms with van der Waals surface area (Å²) in [6.45, 7) is 9.79. The molecule has 5 nitrogen and oxygen atoms in total. The second-order valence-electron chi connectivity index (χ2n) is 5.60. The van der Waals surface area contributed by atoms with Crippen molar-refractivity contribution in [3.8, 4) is 11.3 Å². The minimum Gasteiger partial charge on any atom is -0.356 e. The summed E-state index contributed by atoms with van der Waals surface area (Å²) >= 11 is 0. The van der Waals surface area contributed by atoms with Crippen molar-refractivity contribution < 1.29 is 9.32 Å². The molecule has 0 aliphatic rings. The Balaban J connectivity index is 1.84. The first kappa shape index (κ1) is 17.2. The fourth-order valence-electron chi connectivity index (χ4n) is 2.37. The van der Waals surface area contributed by atoms with Crippen LogP contribution < -0.4 is 5.32 Å². The Labute approximate surface area is 137 Å². The fraction of sp³-hybridized carbons (Fsp3) is 0.444. The molecule has 1 N–H and O–H groups in total. The number of likely N-dealkylation sites (N-methyl/N-ethyl adjacent to an activating group) is 1. The highest BCUT2D eigenvalue weighted by Gasteiger charge is 2.10. The van der Waals surface area contributed by atoms with E-state index in [4.69, 9.17) is 4.52 Å². The molecule has 0 atom stereocenters. The third kappa shape index (κ3) is 5.21. The first-order valence-electron chi connectivity index (χ1n) is 8.14. The summed E-state index contributed by atoms with van der Waals surface area (Å²) in [6, 6.07) is 9.86. The van der Waals surface area contributed by atoms with Gasteiger partial charge in [0, 0.05) is 24.7 Å². The van der Waals surface area contributed by atoms with Crippen molar-refractivity contribution in [2.45, 2.75) is 27.2 Å². The Morgan fingerprint density at radius 3 is 2.57 bits per heavy atom. The van der Waals surface area contributed by atoms with Crippen molar-refractivity contribution in [2.24, 2.45) is 0 Å². The largest absolute Gasteiger partial charge is 0.356 e. The zero-order valence-corrected chi connectivity index (χ0v) is 14.1. The van der Waals surface area contributed by atoms with Crippen LogP contribution in [0.4, 0.5) is 0 Å². The van der Waals surface area contributed by atoms with Gasteiger partial charge in [0.25, 0.3) is 0 Å². The van der Waals surface area contributed by atoms with E-state index in [9.17, 15) is 4.79 Å². The molecule has 0 fully saturated rings. The highest BCUT2D eigenvalue weighted by Crippen LogP contribution is 2.20. The molecule has 1 aromatic carbocycles. The maximum Gasteiger partial charge on any atom is 0.226 e. The predicted molar refractivity (Wildman–Crippen MR) is 91.2 cm³/mol. The van der Waals surface area contributed by atoms with E-state index in [1.54, 1.807) is 0 Å². The molecule has 1 amide bonds. The molecule has 0 spiro atoms. The first-order chi connectivity index (χ1) is 11.1. The molecular formula is C18H25N3O2. The average molecular weight is 315 g/mol. The quantitative estimate of drug-likeness (QED) is 0.813. The number of carbonyl (C=O) groups is 1. The van der Waals surface area contributed by atoms with E-state index in [2.05, 4.69) is 29.2 Å². The summed E-state index contributed by atoms with van der Waals surface area (Å²) < 4.78 is 5.33. The lowest BCUT2D eigenvalue weighted by Crippen LogP contribution is -2.35. The van der Waals surface area contributed by atoms with E-state index in [0.717, 1.165) is 25.2 Å². The molecule has 2 rings (SSSR count). The van der Waals surface area contributed by atoms with Gasteiger partial charge in [-0.05, 0) is 20.0 Å². The molecule has 5 heteroatoms. The van der Waals surface area contributed by atoms with Crippen molar-refractivity contribution in [1.29, 1.82) is 0 Å². The summed E-state index contributed by atoms with van der Waals surface area (Å²) in [6.07, 6.45) is 0.244. The molecule has 0 radical (unpaired) electrons. The van der Waals surface area contributed by atoms with Crippen LogP contribution in [0.1, 0.15) is 25.1 Å². The van der Waals surface area contributed by atoms with Crippen LogP contribution in [-0.2, 0) is 11.2 Å². The van der Waals surface area contributed by atoms with Crippen LogP contribution in [0.25, 0.3) is 11.3 Å². The van der Waals surface area contributed by atoms with Gasteiger partial charge in [-0.1, -0.05) is 48.8 Å². The van der Waals surface area contributed by atoms with Crippen molar-refractivity contribution in [3.05, 3.63) is 41.6 Å². The number of nitrogens with one attached hydrogen (secondary N) is 1. The topological polar surface area (TPSA) is 58.4 Å². The van der Waals surface area contributed by atoms with Crippen LogP contribution >= 0.6 is 0 Å². The standard InChI is InChI=1S/C18H25N3O2/c1-4-21(5-2)11-10-19-18(22)13-16-12-17(23-20-16)15-8-6-14(3)7-9-15/h6-9,12H,4-5,10-11,13H2,1-3H3,(H,19,22). The van der Waals surface area contributed by atoms with Crippen LogP contribution in [0, 0.1) is 6.92 Å². The van der Waals surface area contributed by atoms with E-state index in [0.29, 0.717) is 18.0 Å².